The fraction of sp³-hybridized carbons (Fsp3) is 0.438. The van der Waals surface area contributed by atoms with Crippen LogP contribution in [-0.2, 0) is 4.57 Å². The quantitative estimate of drug-likeness (QED) is 0.220. The molecule has 2 aliphatic rings. The van der Waals surface area contributed by atoms with Crippen molar-refractivity contribution in [2.24, 2.45) is 0 Å². The van der Waals surface area contributed by atoms with Gasteiger partial charge in [-0.1, -0.05) is 12.1 Å². The van der Waals surface area contributed by atoms with Gasteiger partial charge in [0.2, 0.25) is 5.95 Å². The van der Waals surface area contributed by atoms with Crippen LogP contribution in [0.1, 0.15) is 19.8 Å². The van der Waals surface area contributed by atoms with Crippen molar-refractivity contribution < 1.29 is 9.30 Å². The second-order valence-corrected chi connectivity index (χ2v) is 15.1. The third kappa shape index (κ3) is 6.66. The van der Waals surface area contributed by atoms with Gasteiger partial charge >= 0.3 is 0 Å². The molecule has 0 spiro atoms. The van der Waals surface area contributed by atoms with Crippen molar-refractivity contribution in [1.82, 2.24) is 24.8 Å². The van der Waals surface area contributed by atoms with E-state index in [9.17, 15) is 4.57 Å². The molecule has 2 fully saturated rings. The zero-order chi connectivity index (χ0) is 30.0. The molecule has 2 aromatic heterocycles. The Hall–Kier alpha value is -3.59. The molecule has 3 N–H and O–H groups in total. The second-order valence-electron chi connectivity index (χ2n) is 11.9. The predicted molar refractivity (Wildman–Crippen MR) is 178 cm³/mol. The Bertz CT molecular complexity index is 1600. The number of aromatic nitrogens is 3. The maximum atomic E-state index is 13.0. The summed E-state index contributed by atoms with van der Waals surface area (Å²) >= 11 is 0. The number of ether oxygens (including phenoxy) is 1. The number of fused-ring (bicyclic) bond motifs is 1. The molecule has 4 aromatic rings. The van der Waals surface area contributed by atoms with Crippen molar-refractivity contribution in [2.45, 2.75) is 25.8 Å². The van der Waals surface area contributed by atoms with Gasteiger partial charge in [0.1, 0.15) is 24.4 Å². The number of nitrogens with one attached hydrogen (secondary N) is 3. The number of piperazine rings is 1. The largest absolute Gasteiger partial charge is 0.492 e. The first-order valence-electron chi connectivity index (χ1n) is 15.3. The van der Waals surface area contributed by atoms with Gasteiger partial charge in [-0.25, -0.2) is 0 Å². The highest BCUT2D eigenvalue weighted by atomic mass is 31.2. The van der Waals surface area contributed by atoms with Gasteiger partial charge in [-0.2, -0.15) is 9.97 Å². The zero-order valence-corrected chi connectivity index (χ0v) is 26.5. The van der Waals surface area contributed by atoms with Crippen molar-refractivity contribution in [2.75, 3.05) is 81.8 Å². The van der Waals surface area contributed by atoms with E-state index in [-0.39, 0.29) is 0 Å². The standard InChI is InChI=1S/C32H43N8O2P/c1-5-42-28-22-23(10-11-27(28)40-16-13-24(14-17-40)39-20-18-38(2)19-21-39)34-32-36-30-25(12-15-33-30)31(37-32)35-26-8-6-7-9-29(26)43(3,4)41/h6-12,15,22,24H,5,13-14,16-21H2,1-4H3,(H3,33,34,35,36,37). The van der Waals surface area contributed by atoms with Gasteiger partial charge in [0.05, 0.1) is 23.4 Å². The van der Waals surface area contributed by atoms with E-state index in [0.717, 1.165) is 59.7 Å². The zero-order valence-electron chi connectivity index (χ0n) is 25.6. The lowest BCUT2D eigenvalue weighted by Gasteiger charge is -2.42. The summed E-state index contributed by atoms with van der Waals surface area (Å²) in [6.07, 6.45) is 4.19. The van der Waals surface area contributed by atoms with E-state index in [1.54, 1.807) is 13.3 Å². The molecule has 0 aliphatic carbocycles. The van der Waals surface area contributed by atoms with Crippen LogP contribution in [-0.4, -0.2) is 97.0 Å². The van der Waals surface area contributed by atoms with Crippen molar-refractivity contribution in [1.29, 1.82) is 0 Å². The van der Waals surface area contributed by atoms with Crippen LogP contribution in [0.15, 0.2) is 54.7 Å². The summed E-state index contributed by atoms with van der Waals surface area (Å²) in [6.45, 7) is 12.9. The molecule has 43 heavy (non-hydrogen) atoms. The number of nitrogens with zero attached hydrogens (tertiary/aromatic N) is 5. The van der Waals surface area contributed by atoms with Gasteiger partial charge in [-0.05, 0) is 70.5 Å². The predicted octanol–water partition coefficient (Wildman–Crippen LogP) is 5.31. The van der Waals surface area contributed by atoms with Crippen LogP contribution in [0.4, 0.5) is 28.8 Å². The van der Waals surface area contributed by atoms with Crippen LogP contribution < -0.4 is 25.6 Å². The first kappa shape index (κ1) is 29.5. The molecule has 10 nitrogen and oxygen atoms in total. The number of piperidine rings is 1. The van der Waals surface area contributed by atoms with Crippen LogP contribution in [0, 0.1) is 0 Å². The Morgan fingerprint density at radius 3 is 2.49 bits per heavy atom. The molecule has 0 bridgehead atoms. The van der Waals surface area contributed by atoms with Crippen LogP contribution in [0.2, 0.25) is 0 Å². The molecule has 228 valence electrons. The van der Waals surface area contributed by atoms with Gasteiger partial charge in [-0.3, -0.25) is 4.90 Å². The average molecular weight is 603 g/mol. The summed E-state index contributed by atoms with van der Waals surface area (Å²) < 4.78 is 19.1. The molecular formula is C32H43N8O2P. The van der Waals surface area contributed by atoms with E-state index < -0.39 is 7.14 Å². The normalized spacial score (nSPS) is 17.3. The highest BCUT2D eigenvalue weighted by Gasteiger charge is 2.28. The summed E-state index contributed by atoms with van der Waals surface area (Å²) in [5.74, 6) is 1.95. The fourth-order valence-corrected chi connectivity index (χ4v) is 7.34. The van der Waals surface area contributed by atoms with Gasteiger partial charge in [0, 0.05) is 68.6 Å². The molecule has 0 saturated carbocycles. The summed E-state index contributed by atoms with van der Waals surface area (Å²) in [5, 5.41) is 8.46. The minimum absolute atomic E-state index is 0.453. The number of aromatic amines is 1. The molecule has 4 heterocycles. The first-order chi connectivity index (χ1) is 20.8. The first-order valence-corrected chi connectivity index (χ1v) is 17.9. The summed E-state index contributed by atoms with van der Waals surface area (Å²) in [6, 6.07) is 16.5. The van der Waals surface area contributed by atoms with E-state index >= 15 is 0 Å². The highest BCUT2D eigenvalue weighted by Crippen LogP contribution is 2.39. The van der Waals surface area contributed by atoms with E-state index in [1.165, 1.54) is 25.9 Å². The molecule has 0 atom stereocenters. The molecule has 2 aliphatic heterocycles. The third-order valence-electron chi connectivity index (χ3n) is 8.53. The Balaban J connectivity index is 1.21. The van der Waals surface area contributed by atoms with E-state index in [1.807, 2.05) is 49.5 Å². The number of rotatable bonds is 9. The molecular weight excluding hydrogens is 559 g/mol. The Morgan fingerprint density at radius 2 is 1.74 bits per heavy atom. The second kappa shape index (κ2) is 12.6. The monoisotopic (exact) mass is 602 g/mol. The maximum Gasteiger partial charge on any atom is 0.231 e. The summed E-state index contributed by atoms with van der Waals surface area (Å²) in [4.78, 5) is 20.3. The number of likely N-dealkylation sites (N-methyl/N-ethyl adjacent to an activating group) is 1. The number of para-hydroxylation sites is 1. The number of hydrogen-bond acceptors (Lipinski definition) is 9. The number of H-pyrrole nitrogens is 1. The third-order valence-corrected chi connectivity index (χ3v) is 10.1. The minimum atomic E-state index is -2.50. The van der Waals surface area contributed by atoms with E-state index in [4.69, 9.17) is 14.7 Å². The molecule has 6 rings (SSSR count). The van der Waals surface area contributed by atoms with Crippen LogP contribution >= 0.6 is 7.14 Å². The summed E-state index contributed by atoms with van der Waals surface area (Å²) in [7, 11) is -0.284. The number of anilines is 5. The molecule has 0 radical (unpaired) electrons. The fourth-order valence-electron chi connectivity index (χ4n) is 6.18. The maximum absolute atomic E-state index is 13.0. The van der Waals surface area contributed by atoms with Gasteiger partial charge in [-0.15, -0.1) is 0 Å². The molecule has 0 unspecified atom stereocenters. The Kier molecular flexibility index (Phi) is 8.61. The van der Waals surface area contributed by atoms with Crippen molar-refractivity contribution in [3.8, 4) is 5.75 Å². The number of benzene rings is 2. The summed E-state index contributed by atoms with van der Waals surface area (Å²) in [5.41, 5.74) is 3.47. The van der Waals surface area contributed by atoms with Gasteiger partial charge < -0.3 is 34.7 Å². The van der Waals surface area contributed by atoms with Crippen molar-refractivity contribution in [3.63, 3.8) is 0 Å². The van der Waals surface area contributed by atoms with Crippen LogP contribution in [0.25, 0.3) is 11.0 Å². The lowest BCUT2D eigenvalue weighted by Crippen LogP contribution is -2.52. The highest BCUT2D eigenvalue weighted by molar-refractivity contribution is 7.70. The Morgan fingerprint density at radius 1 is 0.977 bits per heavy atom. The van der Waals surface area contributed by atoms with Gasteiger partial charge in [0.15, 0.2) is 0 Å². The van der Waals surface area contributed by atoms with Crippen LogP contribution in [0.3, 0.4) is 0 Å². The molecule has 11 heteroatoms. The minimum Gasteiger partial charge on any atom is -0.492 e. The molecule has 2 saturated heterocycles. The molecule has 0 amide bonds. The SMILES string of the molecule is CCOc1cc(Nc2nc(Nc3ccccc3P(C)(C)=O)c3cc[nH]c3n2)ccc1N1CCC(N2CCN(C)CC2)CC1. The van der Waals surface area contributed by atoms with Crippen molar-refractivity contribution in [3.05, 3.63) is 54.7 Å². The van der Waals surface area contributed by atoms with Crippen molar-refractivity contribution >= 4 is 52.3 Å². The number of hydrogen-bond donors (Lipinski definition) is 3. The van der Waals surface area contributed by atoms with Crippen LogP contribution in [0.5, 0.6) is 5.75 Å². The average Bonchev–Trinajstić information content (AvgIpc) is 3.47. The van der Waals surface area contributed by atoms with E-state index in [0.29, 0.717) is 30.1 Å². The smallest absolute Gasteiger partial charge is 0.231 e. The van der Waals surface area contributed by atoms with E-state index in [2.05, 4.69) is 49.5 Å². The Labute approximate surface area is 254 Å². The molecule has 2 aromatic carbocycles. The van der Waals surface area contributed by atoms with Gasteiger partial charge in [0.25, 0.3) is 0 Å². The lowest BCUT2D eigenvalue weighted by molar-refractivity contribution is 0.0981. The lowest BCUT2D eigenvalue weighted by atomic mass is 10.0. The topological polar surface area (TPSA) is 102 Å².